The molecule has 0 atom stereocenters. The van der Waals surface area contributed by atoms with Gasteiger partial charge in [0.25, 0.3) is 0 Å². The van der Waals surface area contributed by atoms with E-state index in [0.29, 0.717) is 0 Å². The Morgan fingerprint density at radius 1 is 0.875 bits per heavy atom. The van der Waals surface area contributed by atoms with E-state index >= 15 is 0 Å². The van der Waals surface area contributed by atoms with Crippen molar-refractivity contribution >= 4 is 0 Å². The Morgan fingerprint density at radius 2 is 1.25 bits per heavy atom. The second-order valence-corrected chi connectivity index (χ2v) is 1.76. The van der Waals surface area contributed by atoms with Gasteiger partial charge in [0.2, 0.25) is 0 Å². The lowest BCUT2D eigenvalue weighted by molar-refractivity contribution is 0.763. The third-order valence-electron chi connectivity index (χ3n) is 0.992. The quantitative estimate of drug-likeness (QED) is 0.475. The summed E-state index contributed by atoms with van der Waals surface area (Å²) in [7, 11) is 0. The zero-order valence-electron chi connectivity index (χ0n) is 5.14. The van der Waals surface area contributed by atoms with Crippen molar-refractivity contribution < 1.29 is 0 Å². The van der Waals surface area contributed by atoms with Crippen LogP contribution in [0.2, 0.25) is 0 Å². The monoisotopic (exact) mass is 108 g/mol. The molecule has 0 nitrogen and oxygen atoms in total. The minimum Gasteiger partial charge on any atom is -0.0845 e. The molecule has 0 spiro atoms. The molecule has 0 N–H and O–H groups in total. The molecule has 0 aliphatic heterocycles. The van der Waals surface area contributed by atoms with E-state index in [1.165, 1.54) is 0 Å². The zero-order valence-corrected chi connectivity index (χ0v) is 5.14. The molecule has 0 heteroatoms. The molecule has 0 amide bonds. The molecule has 0 aliphatic carbocycles. The molecular formula is C8H12. The summed E-state index contributed by atoms with van der Waals surface area (Å²) in [6.45, 7) is 10.3. The second kappa shape index (κ2) is 6.48. The summed E-state index contributed by atoms with van der Waals surface area (Å²) >= 11 is 0. The highest BCUT2D eigenvalue weighted by Crippen LogP contribution is 1.98. The molecule has 44 valence electrons. The fourth-order valence-corrected chi connectivity index (χ4v) is 0.524. The Labute approximate surface area is 51.9 Å². The van der Waals surface area contributed by atoms with Crippen LogP contribution in [-0.4, -0.2) is 0 Å². The third-order valence-corrected chi connectivity index (χ3v) is 0.992. The van der Waals surface area contributed by atoms with Gasteiger partial charge in [-0.3, -0.25) is 0 Å². The highest BCUT2D eigenvalue weighted by molar-refractivity contribution is 4.66. The summed E-state index contributed by atoms with van der Waals surface area (Å²) in [5.41, 5.74) is 0. The molecule has 0 fully saturated rings. The van der Waals surface area contributed by atoms with Gasteiger partial charge in [-0.1, -0.05) is 25.3 Å². The van der Waals surface area contributed by atoms with Crippen molar-refractivity contribution in [2.75, 3.05) is 0 Å². The fraction of sp³-hybridized carbons (Fsp3) is 0.500. The highest BCUT2D eigenvalue weighted by Gasteiger charge is 1.79. The number of hydrogen-bond acceptors (Lipinski definition) is 0. The van der Waals surface area contributed by atoms with Crippen LogP contribution in [0, 0.1) is 13.2 Å². The lowest BCUT2D eigenvalue weighted by Gasteiger charge is -1.88. The lowest BCUT2D eigenvalue weighted by atomic mass is 10.2. The lowest BCUT2D eigenvalue weighted by Crippen LogP contribution is -1.69. The number of allylic oxidation sites excluding steroid dienone is 2. The number of rotatable bonds is 5. The van der Waals surface area contributed by atoms with E-state index in [0.717, 1.165) is 25.7 Å². The van der Waals surface area contributed by atoms with Gasteiger partial charge in [0.05, 0.1) is 0 Å². The van der Waals surface area contributed by atoms with Crippen molar-refractivity contribution in [1.29, 1.82) is 0 Å². The second-order valence-electron chi connectivity index (χ2n) is 1.76. The summed E-state index contributed by atoms with van der Waals surface area (Å²) < 4.78 is 0. The van der Waals surface area contributed by atoms with E-state index in [2.05, 4.69) is 0 Å². The van der Waals surface area contributed by atoms with Crippen LogP contribution in [0.1, 0.15) is 25.7 Å². The molecule has 0 bridgehead atoms. The van der Waals surface area contributed by atoms with Crippen molar-refractivity contribution in [3.05, 3.63) is 25.3 Å². The summed E-state index contributed by atoms with van der Waals surface area (Å²) in [6.07, 6.45) is 7.71. The Morgan fingerprint density at radius 3 is 1.50 bits per heavy atom. The Hall–Kier alpha value is -0.520. The largest absolute Gasteiger partial charge is 0.0845 e. The smallest absolute Gasteiger partial charge is 0.0347 e. The third kappa shape index (κ3) is 5.48. The van der Waals surface area contributed by atoms with Crippen LogP contribution in [0.5, 0.6) is 0 Å². The molecule has 0 rings (SSSR count). The summed E-state index contributed by atoms with van der Waals surface area (Å²) in [4.78, 5) is 0. The molecule has 0 saturated carbocycles. The van der Waals surface area contributed by atoms with Gasteiger partial charge in [-0.2, -0.15) is 0 Å². The maximum absolute atomic E-state index is 5.14. The summed E-state index contributed by atoms with van der Waals surface area (Å²) in [5, 5.41) is 0. The number of hydrogen-bond donors (Lipinski definition) is 0. The molecule has 0 saturated heterocycles. The van der Waals surface area contributed by atoms with Crippen molar-refractivity contribution in [3.8, 4) is 0 Å². The van der Waals surface area contributed by atoms with Gasteiger partial charge >= 0.3 is 0 Å². The predicted octanol–water partition coefficient (Wildman–Crippen LogP) is 2.53. The zero-order chi connectivity index (χ0) is 6.24. The standard InChI is InChI=1S/C8H12/c1-3-5-7-8-6-4-2/h1-4H,5-8H2. The van der Waals surface area contributed by atoms with Crippen LogP contribution < -0.4 is 0 Å². The topological polar surface area (TPSA) is 0 Å². The van der Waals surface area contributed by atoms with Gasteiger partial charge in [-0.15, -0.1) is 0 Å². The molecule has 2 radical (unpaired) electrons. The first kappa shape index (κ1) is 7.48. The van der Waals surface area contributed by atoms with Crippen LogP contribution in [0.4, 0.5) is 0 Å². The van der Waals surface area contributed by atoms with Gasteiger partial charge in [0.1, 0.15) is 0 Å². The van der Waals surface area contributed by atoms with Crippen LogP contribution in [0.3, 0.4) is 0 Å². The van der Waals surface area contributed by atoms with Gasteiger partial charge in [-0.05, 0) is 25.7 Å². The van der Waals surface area contributed by atoms with Gasteiger partial charge in [0, 0.05) is 0 Å². The van der Waals surface area contributed by atoms with Crippen LogP contribution in [-0.2, 0) is 0 Å². The number of unbranched alkanes of at least 4 members (excludes halogenated alkanes) is 3. The Bertz CT molecular complexity index is 52.4. The average molecular weight is 108 g/mol. The van der Waals surface area contributed by atoms with Crippen LogP contribution in [0.25, 0.3) is 0 Å². The van der Waals surface area contributed by atoms with Crippen molar-refractivity contribution in [1.82, 2.24) is 0 Å². The first-order chi connectivity index (χ1) is 3.91. The fourth-order valence-electron chi connectivity index (χ4n) is 0.524. The minimum atomic E-state index is 1.01. The Balaban J connectivity index is 2.71. The molecule has 0 aromatic rings. The molecule has 0 unspecified atom stereocenters. The SMILES string of the molecule is [CH]=CCCCCC=[CH]. The van der Waals surface area contributed by atoms with Crippen LogP contribution in [0.15, 0.2) is 12.2 Å². The Kier molecular flexibility index (Phi) is 6.06. The maximum atomic E-state index is 5.14. The normalized spacial score (nSPS) is 8.50. The van der Waals surface area contributed by atoms with E-state index in [-0.39, 0.29) is 0 Å². The molecular weight excluding hydrogens is 96.1 g/mol. The van der Waals surface area contributed by atoms with Crippen molar-refractivity contribution in [3.63, 3.8) is 0 Å². The predicted molar refractivity (Wildman–Crippen MR) is 36.2 cm³/mol. The molecule has 8 heavy (non-hydrogen) atoms. The molecule has 0 aromatic carbocycles. The average Bonchev–Trinajstić information content (AvgIpc) is 1.81. The van der Waals surface area contributed by atoms with Crippen LogP contribution >= 0.6 is 0 Å². The minimum absolute atomic E-state index is 1.01. The first-order valence-corrected chi connectivity index (χ1v) is 2.98. The summed E-state index contributed by atoms with van der Waals surface area (Å²) in [5.74, 6) is 0. The molecule has 0 aliphatic rings. The highest BCUT2D eigenvalue weighted by atomic mass is 13.9. The van der Waals surface area contributed by atoms with E-state index in [1.807, 2.05) is 0 Å². The van der Waals surface area contributed by atoms with Gasteiger partial charge in [-0.25, -0.2) is 0 Å². The first-order valence-electron chi connectivity index (χ1n) is 2.98. The maximum Gasteiger partial charge on any atom is -0.0347 e. The van der Waals surface area contributed by atoms with E-state index < -0.39 is 0 Å². The van der Waals surface area contributed by atoms with E-state index in [1.54, 1.807) is 12.2 Å². The van der Waals surface area contributed by atoms with Gasteiger partial charge in [0.15, 0.2) is 0 Å². The molecule has 0 heterocycles. The van der Waals surface area contributed by atoms with Crippen molar-refractivity contribution in [2.45, 2.75) is 25.7 Å². The van der Waals surface area contributed by atoms with Gasteiger partial charge < -0.3 is 0 Å². The van der Waals surface area contributed by atoms with E-state index in [4.69, 9.17) is 13.2 Å². The summed E-state index contributed by atoms with van der Waals surface area (Å²) in [6, 6.07) is 0. The molecule has 0 aromatic heterocycles. The van der Waals surface area contributed by atoms with E-state index in [9.17, 15) is 0 Å². The van der Waals surface area contributed by atoms with Crippen molar-refractivity contribution in [2.24, 2.45) is 0 Å².